The van der Waals surface area contributed by atoms with Crippen LogP contribution in [0.1, 0.15) is 12.5 Å². The van der Waals surface area contributed by atoms with E-state index in [2.05, 4.69) is 5.32 Å². The largest absolute Gasteiger partial charge is 0.486 e. The summed E-state index contributed by atoms with van der Waals surface area (Å²) in [4.78, 5) is 12.3. The van der Waals surface area contributed by atoms with E-state index in [9.17, 15) is 9.00 Å². The zero-order chi connectivity index (χ0) is 16.9. The molecule has 0 saturated heterocycles. The SMILES string of the molecule is C[C@H](C(=O)Nc1ccc2c(c1)OCCO2)[S@](=O)Cc1ccccc1. The quantitative estimate of drug-likeness (QED) is 0.905. The predicted octanol–water partition coefficient (Wildman–Crippen LogP) is 2.73. The van der Waals surface area contributed by atoms with Gasteiger partial charge in [0.2, 0.25) is 5.91 Å². The van der Waals surface area contributed by atoms with Crippen molar-refractivity contribution in [2.45, 2.75) is 17.9 Å². The highest BCUT2D eigenvalue weighted by Crippen LogP contribution is 2.32. The fourth-order valence-electron chi connectivity index (χ4n) is 2.35. The Labute approximate surface area is 143 Å². The van der Waals surface area contributed by atoms with Gasteiger partial charge in [-0.05, 0) is 24.6 Å². The molecule has 0 unspecified atom stereocenters. The van der Waals surface area contributed by atoms with Crippen molar-refractivity contribution < 1.29 is 18.5 Å². The van der Waals surface area contributed by atoms with E-state index in [0.29, 0.717) is 36.2 Å². The first-order chi connectivity index (χ1) is 11.6. The molecule has 24 heavy (non-hydrogen) atoms. The average molecular weight is 345 g/mol. The molecule has 126 valence electrons. The van der Waals surface area contributed by atoms with E-state index < -0.39 is 16.0 Å². The standard InChI is InChI=1S/C18H19NO4S/c1-13(24(21)12-14-5-3-2-4-6-14)18(20)19-15-7-8-16-17(11-15)23-10-9-22-16/h2-8,11,13H,9-10,12H2,1H3,(H,19,20)/t13-,24-/m1/s1. The molecule has 0 aliphatic carbocycles. The highest BCUT2D eigenvalue weighted by Gasteiger charge is 2.21. The second kappa shape index (κ2) is 7.49. The van der Waals surface area contributed by atoms with Crippen molar-refractivity contribution in [1.29, 1.82) is 0 Å². The maximum absolute atomic E-state index is 12.4. The van der Waals surface area contributed by atoms with Crippen LogP contribution in [-0.4, -0.2) is 28.6 Å². The molecule has 1 heterocycles. The van der Waals surface area contributed by atoms with E-state index in [1.165, 1.54) is 0 Å². The monoisotopic (exact) mass is 345 g/mol. The van der Waals surface area contributed by atoms with Crippen LogP contribution in [0.25, 0.3) is 0 Å². The van der Waals surface area contributed by atoms with E-state index in [1.807, 2.05) is 30.3 Å². The van der Waals surface area contributed by atoms with Gasteiger partial charge in [0.1, 0.15) is 18.5 Å². The van der Waals surface area contributed by atoms with E-state index in [4.69, 9.17) is 9.47 Å². The van der Waals surface area contributed by atoms with Crippen LogP contribution in [0.4, 0.5) is 5.69 Å². The number of hydrogen-bond acceptors (Lipinski definition) is 4. The molecular formula is C18H19NO4S. The normalized spacial score (nSPS) is 15.4. The van der Waals surface area contributed by atoms with Crippen LogP contribution in [-0.2, 0) is 21.3 Å². The van der Waals surface area contributed by atoms with Crippen molar-refractivity contribution in [2.24, 2.45) is 0 Å². The Morgan fingerprint density at radius 3 is 2.58 bits per heavy atom. The summed E-state index contributed by atoms with van der Waals surface area (Å²) >= 11 is 0. The van der Waals surface area contributed by atoms with Crippen molar-refractivity contribution in [3.8, 4) is 11.5 Å². The zero-order valence-electron chi connectivity index (χ0n) is 13.4. The highest BCUT2D eigenvalue weighted by molar-refractivity contribution is 7.85. The predicted molar refractivity (Wildman–Crippen MR) is 93.8 cm³/mol. The molecule has 1 aliphatic rings. The number of benzene rings is 2. The van der Waals surface area contributed by atoms with Gasteiger partial charge in [-0.25, -0.2) is 0 Å². The lowest BCUT2D eigenvalue weighted by Gasteiger charge is -2.19. The van der Waals surface area contributed by atoms with Gasteiger partial charge in [0.05, 0.1) is 0 Å². The van der Waals surface area contributed by atoms with Crippen molar-refractivity contribution in [2.75, 3.05) is 18.5 Å². The molecule has 0 spiro atoms. The van der Waals surface area contributed by atoms with Crippen LogP contribution in [0.3, 0.4) is 0 Å². The number of ether oxygens (including phenoxy) is 2. The maximum Gasteiger partial charge on any atom is 0.239 e. The number of hydrogen-bond donors (Lipinski definition) is 1. The van der Waals surface area contributed by atoms with Crippen molar-refractivity contribution in [1.82, 2.24) is 0 Å². The Morgan fingerprint density at radius 2 is 1.83 bits per heavy atom. The van der Waals surface area contributed by atoms with Gasteiger partial charge in [-0.1, -0.05) is 30.3 Å². The van der Waals surface area contributed by atoms with Crippen molar-refractivity contribution >= 4 is 22.4 Å². The van der Waals surface area contributed by atoms with Crippen molar-refractivity contribution in [3.63, 3.8) is 0 Å². The van der Waals surface area contributed by atoms with Gasteiger partial charge in [0, 0.05) is 28.3 Å². The third-order valence-electron chi connectivity index (χ3n) is 3.73. The Balaban J connectivity index is 1.62. The Kier molecular flexibility index (Phi) is 5.15. The number of anilines is 1. The first kappa shape index (κ1) is 16.5. The fraction of sp³-hybridized carbons (Fsp3) is 0.278. The topological polar surface area (TPSA) is 64.6 Å². The van der Waals surface area contributed by atoms with E-state index in [1.54, 1.807) is 25.1 Å². The Bertz CT molecular complexity index is 748. The molecule has 2 aromatic carbocycles. The molecule has 0 aromatic heterocycles. The molecule has 1 aliphatic heterocycles. The van der Waals surface area contributed by atoms with Crippen LogP contribution < -0.4 is 14.8 Å². The third-order valence-corrected chi connectivity index (χ3v) is 5.35. The molecule has 0 radical (unpaired) electrons. The number of carbonyl (C=O) groups excluding carboxylic acids is 1. The van der Waals surface area contributed by atoms with Crippen LogP contribution >= 0.6 is 0 Å². The van der Waals surface area contributed by atoms with Crippen LogP contribution in [0.15, 0.2) is 48.5 Å². The smallest absolute Gasteiger partial charge is 0.239 e. The summed E-state index contributed by atoms with van der Waals surface area (Å²) in [7, 11) is -1.29. The average Bonchev–Trinajstić information content (AvgIpc) is 2.61. The second-order valence-corrected chi connectivity index (χ2v) is 7.26. The number of rotatable bonds is 5. The Hall–Kier alpha value is -2.34. The maximum atomic E-state index is 12.4. The number of carbonyl (C=O) groups is 1. The van der Waals surface area contributed by atoms with E-state index in [0.717, 1.165) is 5.56 Å². The Morgan fingerprint density at radius 1 is 1.12 bits per heavy atom. The molecule has 1 N–H and O–H groups in total. The number of nitrogens with one attached hydrogen (secondary N) is 1. The molecule has 5 nitrogen and oxygen atoms in total. The van der Waals surface area contributed by atoms with Gasteiger partial charge in [0.15, 0.2) is 11.5 Å². The summed E-state index contributed by atoms with van der Waals surface area (Å²) in [6.07, 6.45) is 0. The first-order valence-corrected chi connectivity index (χ1v) is 9.13. The number of fused-ring (bicyclic) bond motifs is 1. The molecule has 2 aromatic rings. The van der Waals surface area contributed by atoms with Crippen LogP contribution in [0.5, 0.6) is 11.5 Å². The summed E-state index contributed by atoms with van der Waals surface area (Å²) in [6.45, 7) is 2.68. The highest BCUT2D eigenvalue weighted by atomic mass is 32.2. The summed E-state index contributed by atoms with van der Waals surface area (Å²) < 4.78 is 23.3. The summed E-state index contributed by atoms with van der Waals surface area (Å²) in [5.74, 6) is 1.36. The minimum absolute atomic E-state index is 0.277. The molecule has 3 rings (SSSR count). The first-order valence-electron chi connectivity index (χ1n) is 7.75. The lowest BCUT2D eigenvalue weighted by Crippen LogP contribution is -2.29. The van der Waals surface area contributed by atoms with Gasteiger partial charge >= 0.3 is 0 Å². The minimum atomic E-state index is -1.29. The van der Waals surface area contributed by atoms with Crippen molar-refractivity contribution in [3.05, 3.63) is 54.1 Å². The molecule has 1 amide bonds. The second-order valence-electron chi connectivity index (χ2n) is 5.50. The molecular weight excluding hydrogens is 326 g/mol. The lowest BCUT2D eigenvalue weighted by atomic mass is 10.2. The molecule has 0 saturated carbocycles. The van der Waals surface area contributed by atoms with Gasteiger partial charge in [0.25, 0.3) is 0 Å². The number of amides is 1. The molecule has 0 bridgehead atoms. The third kappa shape index (κ3) is 3.94. The summed E-state index contributed by atoms with van der Waals surface area (Å²) in [5, 5.41) is 2.18. The van der Waals surface area contributed by atoms with E-state index >= 15 is 0 Å². The molecule has 6 heteroatoms. The fourth-order valence-corrected chi connectivity index (χ4v) is 3.42. The van der Waals surface area contributed by atoms with Gasteiger partial charge in [-0.3, -0.25) is 9.00 Å². The van der Waals surface area contributed by atoms with Gasteiger partial charge in [-0.2, -0.15) is 0 Å². The minimum Gasteiger partial charge on any atom is -0.486 e. The molecule has 0 fully saturated rings. The zero-order valence-corrected chi connectivity index (χ0v) is 14.2. The van der Waals surface area contributed by atoms with Crippen LogP contribution in [0.2, 0.25) is 0 Å². The van der Waals surface area contributed by atoms with Crippen LogP contribution in [0, 0.1) is 0 Å². The lowest BCUT2D eigenvalue weighted by molar-refractivity contribution is -0.115. The summed E-state index contributed by atoms with van der Waals surface area (Å²) in [6, 6.07) is 14.7. The van der Waals surface area contributed by atoms with Gasteiger partial charge < -0.3 is 14.8 Å². The summed E-state index contributed by atoms with van der Waals surface area (Å²) in [5.41, 5.74) is 1.56. The van der Waals surface area contributed by atoms with Gasteiger partial charge in [-0.15, -0.1) is 0 Å². The molecule has 2 atom stereocenters. The van der Waals surface area contributed by atoms with E-state index in [-0.39, 0.29) is 5.91 Å².